The van der Waals surface area contributed by atoms with Gasteiger partial charge in [0.25, 0.3) is 0 Å². The van der Waals surface area contributed by atoms with Gasteiger partial charge in [-0.05, 0) is 32.0 Å². The van der Waals surface area contributed by atoms with Crippen LogP contribution >= 0.6 is 11.3 Å². The van der Waals surface area contributed by atoms with Gasteiger partial charge in [-0.1, -0.05) is 11.3 Å². The highest BCUT2D eigenvalue weighted by atomic mass is 32.1. The van der Waals surface area contributed by atoms with Crippen LogP contribution in [0.1, 0.15) is 13.8 Å². The van der Waals surface area contributed by atoms with Crippen LogP contribution in [-0.2, 0) is 0 Å². The zero-order valence-corrected chi connectivity index (χ0v) is 11.3. The first-order chi connectivity index (χ1) is 8.63. The highest BCUT2D eigenvalue weighted by Crippen LogP contribution is 2.27. The zero-order valence-electron chi connectivity index (χ0n) is 10.4. The highest BCUT2D eigenvalue weighted by molar-refractivity contribution is 7.22. The van der Waals surface area contributed by atoms with E-state index in [-0.39, 0.29) is 6.03 Å². The molecule has 2 rings (SSSR count). The summed E-state index contributed by atoms with van der Waals surface area (Å²) in [5.41, 5.74) is 7.26. The van der Waals surface area contributed by atoms with Crippen LogP contribution in [0.4, 0.5) is 15.6 Å². The van der Waals surface area contributed by atoms with E-state index in [0.717, 1.165) is 10.2 Å². The first-order valence-corrected chi connectivity index (χ1v) is 6.67. The number of nitrogen functional groups attached to an aromatic ring is 1. The van der Waals surface area contributed by atoms with Crippen LogP contribution in [0.25, 0.3) is 10.2 Å². The molecule has 0 saturated heterocycles. The maximum Gasteiger partial charge on any atom is 0.323 e. The lowest BCUT2D eigenvalue weighted by Crippen LogP contribution is -2.34. The molecule has 2 amide bonds. The third kappa shape index (κ3) is 2.53. The molecule has 6 heteroatoms. The van der Waals surface area contributed by atoms with Crippen molar-refractivity contribution in [2.45, 2.75) is 13.8 Å². The Labute approximate surface area is 110 Å². The minimum absolute atomic E-state index is 0.118. The molecule has 0 unspecified atom stereocenters. The summed E-state index contributed by atoms with van der Waals surface area (Å²) >= 11 is 1.43. The maximum absolute atomic E-state index is 11.9. The number of rotatable bonds is 3. The van der Waals surface area contributed by atoms with E-state index in [2.05, 4.69) is 10.3 Å². The SMILES string of the molecule is CCN(CC)C(=O)Nc1nc2ccc(N)cc2s1. The Hall–Kier alpha value is -1.82. The molecule has 0 aliphatic heterocycles. The summed E-state index contributed by atoms with van der Waals surface area (Å²) < 4.78 is 0.977. The van der Waals surface area contributed by atoms with Crippen molar-refractivity contribution in [1.82, 2.24) is 9.88 Å². The van der Waals surface area contributed by atoms with E-state index in [9.17, 15) is 4.79 Å². The third-order valence-corrected chi connectivity index (χ3v) is 3.61. The Morgan fingerprint density at radius 3 is 2.83 bits per heavy atom. The molecule has 3 N–H and O–H groups in total. The second kappa shape index (κ2) is 5.22. The van der Waals surface area contributed by atoms with Crippen molar-refractivity contribution in [2.75, 3.05) is 24.1 Å². The number of nitrogens with one attached hydrogen (secondary N) is 1. The standard InChI is InChI=1S/C12H16N4OS/c1-3-16(4-2)12(17)15-11-14-9-6-5-8(13)7-10(9)18-11/h5-7H,3-4,13H2,1-2H3,(H,14,15,17). The number of fused-ring (bicyclic) bond motifs is 1. The van der Waals surface area contributed by atoms with Crippen LogP contribution in [0.2, 0.25) is 0 Å². The Balaban J connectivity index is 2.19. The van der Waals surface area contributed by atoms with Crippen LogP contribution in [0, 0.1) is 0 Å². The number of urea groups is 1. The maximum atomic E-state index is 11.9. The molecule has 0 fully saturated rings. The molecular formula is C12H16N4OS. The fraction of sp³-hybridized carbons (Fsp3) is 0.333. The van der Waals surface area contributed by atoms with Gasteiger partial charge in [-0.25, -0.2) is 9.78 Å². The van der Waals surface area contributed by atoms with Crippen LogP contribution < -0.4 is 11.1 Å². The van der Waals surface area contributed by atoms with E-state index in [1.807, 2.05) is 26.0 Å². The largest absolute Gasteiger partial charge is 0.399 e. The molecule has 0 aliphatic rings. The fourth-order valence-corrected chi connectivity index (χ4v) is 2.58. The first-order valence-electron chi connectivity index (χ1n) is 5.86. The van der Waals surface area contributed by atoms with Crippen molar-refractivity contribution in [3.63, 3.8) is 0 Å². The minimum atomic E-state index is -0.118. The zero-order chi connectivity index (χ0) is 13.1. The quantitative estimate of drug-likeness (QED) is 0.837. The molecule has 1 aromatic heterocycles. The lowest BCUT2D eigenvalue weighted by Gasteiger charge is -2.17. The van der Waals surface area contributed by atoms with Crippen molar-refractivity contribution >= 4 is 38.4 Å². The second-order valence-corrected chi connectivity index (χ2v) is 4.88. The van der Waals surface area contributed by atoms with Gasteiger partial charge in [-0.15, -0.1) is 0 Å². The number of anilines is 2. The summed E-state index contributed by atoms with van der Waals surface area (Å²) in [6.45, 7) is 5.25. The number of nitrogens with zero attached hydrogens (tertiary/aromatic N) is 2. The van der Waals surface area contributed by atoms with E-state index >= 15 is 0 Å². The number of nitrogens with two attached hydrogens (primary N) is 1. The fourth-order valence-electron chi connectivity index (χ4n) is 1.68. The molecular weight excluding hydrogens is 248 g/mol. The van der Waals surface area contributed by atoms with Gasteiger partial charge in [-0.3, -0.25) is 5.32 Å². The molecule has 0 saturated carbocycles. The van der Waals surface area contributed by atoms with Gasteiger partial charge in [0.15, 0.2) is 5.13 Å². The Bertz CT molecular complexity index is 562. The van der Waals surface area contributed by atoms with Crippen molar-refractivity contribution < 1.29 is 4.79 Å². The molecule has 2 aromatic rings. The van der Waals surface area contributed by atoms with Crippen molar-refractivity contribution in [3.05, 3.63) is 18.2 Å². The van der Waals surface area contributed by atoms with Gasteiger partial charge in [0.05, 0.1) is 10.2 Å². The van der Waals surface area contributed by atoms with E-state index in [0.29, 0.717) is 23.9 Å². The number of amides is 2. The van der Waals surface area contributed by atoms with Gasteiger partial charge in [0.2, 0.25) is 0 Å². The lowest BCUT2D eigenvalue weighted by atomic mass is 10.3. The van der Waals surface area contributed by atoms with Gasteiger partial charge >= 0.3 is 6.03 Å². The van der Waals surface area contributed by atoms with Crippen LogP contribution in [0.15, 0.2) is 18.2 Å². The average Bonchev–Trinajstić information content (AvgIpc) is 2.71. The van der Waals surface area contributed by atoms with Crippen molar-refractivity contribution in [2.24, 2.45) is 0 Å². The second-order valence-electron chi connectivity index (χ2n) is 3.85. The number of carbonyl (C=O) groups is 1. The third-order valence-electron chi connectivity index (χ3n) is 2.68. The average molecular weight is 264 g/mol. The highest BCUT2D eigenvalue weighted by Gasteiger charge is 2.12. The van der Waals surface area contributed by atoms with E-state index in [4.69, 9.17) is 5.73 Å². The summed E-state index contributed by atoms with van der Waals surface area (Å²) in [5.74, 6) is 0. The van der Waals surface area contributed by atoms with Crippen molar-refractivity contribution in [3.8, 4) is 0 Å². The minimum Gasteiger partial charge on any atom is -0.399 e. The van der Waals surface area contributed by atoms with E-state index in [1.54, 1.807) is 11.0 Å². The molecule has 1 aromatic carbocycles. The summed E-state index contributed by atoms with van der Waals surface area (Å²) in [7, 11) is 0. The number of benzene rings is 1. The molecule has 18 heavy (non-hydrogen) atoms. The van der Waals surface area contributed by atoms with Gasteiger partial charge < -0.3 is 10.6 Å². The Morgan fingerprint density at radius 1 is 1.44 bits per heavy atom. The molecule has 0 bridgehead atoms. The Kier molecular flexibility index (Phi) is 3.66. The smallest absolute Gasteiger partial charge is 0.323 e. The summed E-state index contributed by atoms with van der Waals surface area (Å²) in [5, 5.41) is 3.41. The van der Waals surface area contributed by atoms with Crippen molar-refractivity contribution in [1.29, 1.82) is 0 Å². The number of thiazole rings is 1. The topological polar surface area (TPSA) is 71.2 Å². The normalized spacial score (nSPS) is 10.6. The number of aromatic nitrogens is 1. The van der Waals surface area contributed by atoms with E-state index in [1.165, 1.54) is 11.3 Å². The first kappa shape index (κ1) is 12.6. The van der Waals surface area contributed by atoms with Crippen LogP contribution in [-0.4, -0.2) is 29.0 Å². The molecule has 0 radical (unpaired) electrons. The summed E-state index contributed by atoms with van der Waals surface area (Å²) in [4.78, 5) is 17.9. The molecule has 5 nitrogen and oxygen atoms in total. The molecule has 1 heterocycles. The van der Waals surface area contributed by atoms with E-state index < -0.39 is 0 Å². The Morgan fingerprint density at radius 2 is 2.17 bits per heavy atom. The number of carbonyl (C=O) groups excluding carboxylic acids is 1. The number of hydrogen-bond acceptors (Lipinski definition) is 4. The summed E-state index contributed by atoms with van der Waals surface area (Å²) in [6, 6.07) is 5.40. The molecule has 0 atom stereocenters. The molecule has 0 aliphatic carbocycles. The predicted molar refractivity (Wildman–Crippen MR) is 76.0 cm³/mol. The van der Waals surface area contributed by atoms with Gasteiger partial charge in [0.1, 0.15) is 0 Å². The van der Waals surface area contributed by atoms with Gasteiger partial charge in [0, 0.05) is 18.8 Å². The molecule has 0 spiro atoms. The summed E-state index contributed by atoms with van der Waals surface area (Å²) in [6.07, 6.45) is 0. The van der Waals surface area contributed by atoms with Crippen LogP contribution in [0.3, 0.4) is 0 Å². The van der Waals surface area contributed by atoms with Gasteiger partial charge in [-0.2, -0.15) is 0 Å². The number of hydrogen-bond donors (Lipinski definition) is 2. The monoisotopic (exact) mass is 264 g/mol. The molecule has 96 valence electrons. The lowest BCUT2D eigenvalue weighted by molar-refractivity contribution is 0.217. The van der Waals surface area contributed by atoms with Crippen LogP contribution in [0.5, 0.6) is 0 Å². The predicted octanol–water partition coefficient (Wildman–Crippen LogP) is 2.75.